The highest BCUT2D eigenvalue weighted by Crippen LogP contribution is 2.08. The topological polar surface area (TPSA) is 42.4 Å². The molecule has 0 bridgehead atoms. The predicted octanol–water partition coefficient (Wildman–Crippen LogP) is 0.596. The monoisotopic (exact) mass is 124 g/mol. The van der Waals surface area contributed by atoms with Gasteiger partial charge in [0.25, 0.3) is 0 Å². The van der Waals surface area contributed by atoms with Crippen molar-refractivity contribution in [3.63, 3.8) is 0 Å². The van der Waals surface area contributed by atoms with Crippen molar-refractivity contribution in [1.29, 1.82) is 0 Å². The average Bonchev–Trinajstić information content (AvgIpc) is 1.88. The average molecular weight is 124 g/mol. The molecule has 0 spiro atoms. The zero-order chi connectivity index (χ0) is 6.69. The van der Waals surface area contributed by atoms with Gasteiger partial charge in [-0.2, -0.15) is 4.98 Å². The number of nitrogens with zero attached hydrogens (tertiary/aromatic N) is 1. The molecule has 3 heteroatoms. The molecule has 1 aromatic heterocycles. The Labute approximate surface area is 52.9 Å². The second-order valence-corrected chi connectivity index (χ2v) is 1.46. The van der Waals surface area contributed by atoms with Gasteiger partial charge in [0.1, 0.15) is 0 Å². The van der Waals surface area contributed by atoms with Crippen LogP contribution < -0.4 is 4.74 Å². The highest BCUT2D eigenvalue weighted by Gasteiger charge is 1.91. The molecule has 1 heterocycles. The lowest BCUT2D eigenvalue weighted by molar-refractivity contribution is 0.379. The van der Waals surface area contributed by atoms with Crippen molar-refractivity contribution < 1.29 is 9.84 Å². The van der Waals surface area contributed by atoms with Gasteiger partial charge in [-0.05, 0) is 6.07 Å². The van der Waals surface area contributed by atoms with E-state index in [0.717, 1.165) is 0 Å². The van der Waals surface area contributed by atoms with E-state index in [1.54, 1.807) is 6.07 Å². The van der Waals surface area contributed by atoms with Crippen LogP contribution in [-0.2, 0) is 0 Å². The van der Waals surface area contributed by atoms with Gasteiger partial charge in [0, 0.05) is 12.1 Å². The first kappa shape index (κ1) is 5.88. The van der Waals surface area contributed by atoms with E-state index in [0.29, 0.717) is 5.88 Å². The normalized spacial score (nSPS) is 9.00. The summed E-state index contributed by atoms with van der Waals surface area (Å²) in [5.74, 6) is 0.251. The van der Waals surface area contributed by atoms with Crippen LogP contribution >= 0.6 is 0 Å². The molecule has 9 heavy (non-hydrogen) atoms. The number of rotatable bonds is 1. The smallest absolute Gasteiger partial charge is 0.224 e. The molecule has 3 nitrogen and oxygen atoms in total. The van der Waals surface area contributed by atoms with Crippen molar-refractivity contribution in [2.45, 2.75) is 0 Å². The lowest BCUT2D eigenvalue weighted by Gasteiger charge is -1.94. The van der Waals surface area contributed by atoms with E-state index >= 15 is 0 Å². The summed E-state index contributed by atoms with van der Waals surface area (Å²) in [5.41, 5.74) is 0. The molecule has 47 valence electrons. The van der Waals surface area contributed by atoms with E-state index in [2.05, 4.69) is 15.8 Å². The molecule has 0 atom stereocenters. The van der Waals surface area contributed by atoms with Crippen molar-refractivity contribution in [1.82, 2.24) is 4.98 Å². The Kier molecular flexibility index (Phi) is 1.53. The predicted molar refractivity (Wildman–Crippen MR) is 31.3 cm³/mol. The Morgan fingerprint density at radius 2 is 2.56 bits per heavy atom. The number of aromatic nitrogens is 1. The highest BCUT2D eigenvalue weighted by atomic mass is 16.5. The van der Waals surface area contributed by atoms with Crippen LogP contribution in [0.5, 0.6) is 11.8 Å². The summed E-state index contributed by atoms with van der Waals surface area (Å²) in [7, 11) is 1.47. The van der Waals surface area contributed by atoms with Gasteiger partial charge < -0.3 is 9.84 Å². The molecule has 0 aromatic carbocycles. The molecule has 0 amide bonds. The first-order valence-electron chi connectivity index (χ1n) is 2.44. The summed E-state index contributed by atoms with van der Waals surface area (Å²) < 4.78 is 4.67. The quantitative estimate of drug-likeness (QED) is 0.596. The summed E-state index contributed by atoms with van der Waals surface area (Å²) >= 11 is 0. The van der Waals surface area contributed by atoms with E-state index in [1.807, 2.05) is 0 Å². The maximum absolute atomic E-state index is 8.73. The number of hydrogen-bond acceptors (Lipinski definition) is 3. The van der Waals surface area contributed by atoms with Gasteiger partial charge in [-0.15, -0.1) is 0 Å². The zero-order valence-electron chi connectivity index (χ0n) is 4.96. The van der Waals surface area contributed by atoms with Crippen LogP contribution in [0.25, 0.3) is 0 Å². The molecule has 0 aliphatic heterocycles. The minimum absolute atomic E-state index is 0.0504. The Morgan fingerprint density at radius 1 is 1.78 bits per heavy atom. The van der Waals surface area contributed by atoms with Gasteiger partial charge >= 0.3 is 0 Å². The maximum atomic E-state index is 8.73. The number of aromatic hydroxyl groups is 1. The molecule has 1 rings (SSSR count). The van der Waals surface area contributed by atoms with Crippen LogP contribution in [0.1, 0.15) is 0 Å². The fourth-order valence-electron chi connectivity index (χ4n) is 0.466. The number of ether oxygens (including phenoxy) is 1. The third-order valence-corrected chi connectivity index (χ3v) is 0.849. The molecule has 0 unspecified atom stereocenters. The molecule has 1 aromatic rings. The van der Waals surface area contributed by atoms with Gasteiger partial charge in [-0.25, -0.2) is 0 Å². The second-order valence-electron chi connectivity index (χ2n) is 1.46. The second kappa shape index (κ2) is 2.35. The number of hydrogen-bond donors (Lipinski definition) is 1. The molecule has 0 aliphatic rings. The van der Waals surface area contributed by atoms with Crippen LogP contribution in [0.2, 0.25) is 0 Å². The first-order valence-corrected chi connectivity index (χ1v) is 2.44. The molecular formula is C6H6NO2. The van der Waals surface area contributed by atoms with Crippen LogP contribution in [0.4, 0.5) is 0 Å². The van der Waals surface area contributed by atoms with Crippen molar-refractivity contribution in [3.05, 3.63) is 18.2 Å². The Balaban J connectivity index is 2.94. The minimum Gasteiger partial charge on any atom is -0.493 e. The molecule has 0 saturated heterocycles. The van der Waals surface area contributed by atoms with Crippen LogP contribution in [0.15, 0.2) is 12.1 Å². The van der Waals surface area contributed by atoms with Crippen LogP contribution in [0.3, 0.4) is 0 Å². The van der Waals surface area contributed by atoms with Gasteiger partial charge in [0.2, 0.25) is 11.8 Å². The summed E-state index contributed by atoms with van der Waals surface area (Å²) in [4.78, 5) is 3.57. The standard InChI is InChI=1S/C6H6NO2/c1-9-6-4-2-3-5(8)7-6/h2-3H,1H3,(H,7,8). The van der Waals surface area contributed by atoms with Gasteiger partial charge in [-0.3, -0.25) is 0 Å². The first-order chi connectivity index (χ1) is 4.33. The molecule has 1 radical (unpaired) electrons. The van der Waals surface area contributed by atoms with E-state index in [4.69, 9.17) is 5.11 Å². The number of pyridine rings is 1. The minimum atomic E-state index is -0.0504. The van der Waals surface area contributed by atoms with Crippen molar-refractivity contribution in [2.24, 2.45) is 0 Å². The lowest BCUT2D eigenvalue weighted by atomic mass is 10.5. The molecule has 1 N–H and O–H groups in total. The Hall–Kier alpha value is -1.25. The third kappa shape index (κ3) is 1.32. The maximum Gasteiger partial charge on any atom is 0.224 e. The summed E-state index contributed by atoms with van der Waals surface area (Å²) in [6.45, 7) is 0. The number of methoxy groups -OCH3 is 1. The van der Waals surface area contributed by atoms with E-state index in [1.165, 1.54) is 13.2 Å². The van der Waals surface area contributed by atoms with Crippen molar-refractivity contribution >= 4 is 0 Å². The largest absolute Gasteiger partial charge is 0.493 e. The summed E-state index contributed by atoms with van der Waals surface area (Å²) in [6.07, 6.45) is 0. The third-order valence-electron chi connectivity index (χ3n) is 0.849. The highest BCUT2D eigenvalue weighted by molar-refractivity contribution is 5.16. The Morgan fingerprint density at radius 3 is 3.00 bits per heavy atom. The van der Waals surface area contributed by atoms with Crippen molar-refractivity contribution in [2.75, 3.05) is 7.11 Å². The lowest BCUT2D eigenvalue weighted by Crippen LogP contribution is -1.85. The fourth-order valence-corrected chi connectivity index (χ4v) is 0.466. The van der Waals surface area contributed by atoms with E-state index in [9.17, 15) is 0 Å². The van der Waals surface area contributed by atoms with Crippen molar-refractivity contribution in [3.8, 4) is 11.8 Å². The van der Waals surface area contributed by atoms with Crippen LogP contribution in [-0.4, -0.2) is 17.2 Å². The van der Waals surface area contributed by atoms with Gasteiger partial charge in [0.05, 0.1) is 7.11 Å². The fraction of sp³-hybridized carbons (Fsp3) is 0.167. The van der Waals surface area contributed by atoms with E-state index < -0.39 is 0 Å². The van der Waals surface area contributed by atoms with Crippen LogP contribution in [0, 0.1) is 6.07 Å². The van der Waals surface area contributed by atoms with E-state index in [-0.39, 0.29) is 5.88 Å². The SMILES string of the molecule is COc1[c]ccc(O)n1. The molecule has 0 fully saturated rings. The van der Waals surface area contributed by atoms with Gasteiger partial charge in [0.15, 0.2) is 0 Å². The summed E-state index contributed by atoms with van der Waals surface area (Å²) in [5, 5.41) is 8.73. The molecule has 0 saturated carbocycles. The zero-order valence-corrected chi connectivity index (χ0v) is 4.96. The molecular weight excluding hydrogens is 118 g/mol. The Bertz CT molecular complexity index is 200. The van der Waals surface area contributed by atoms with Gasteiger partial charge in [-0.1, -0.05) is 0 Å². The molecule has 0 aliphatic carbocycles. The summed E-state index contributed by atoms with van der Waals surface area (Å²) in [6, 6.07) is 5.64.